The molecule has 94 valence electrons. The zero-order valence-corrected chi connectivity index (χ0v) is 10.6. The van der Waals surface area contributed by atoms with Gasteiger partial charge in [-0.3, -0.25) is 10.1 Å². The van der Waals surface area contributed by atoms with Crippen LogP contribution in [-0.2, 0) is 6.42 Å². The average molecular weight is 314 g/mol. The highest BCUT2D eigenvalue weighted by atomic mass is 79.9. The Hall–Kier alpha value is -2.03. The molecule has 0 saturated carbocycles. The third kappa shape index (κ3) is 3.00. The number of hydrogen-bond acceptors (Lipinski definition) is 7. The van der Waals surface area contributed by atoms with Crippen LogP contribution in [-0.4, -0.2) is 26.6 Å². The van der Waals surface area contributed by atoms with E-state index in [9.17, 15) is 10.1 Å². The second-order valence-electron chi connectivity index (χ2n) is 3.31. The van der Waals surface area contributed by atoms with E-state index in [-0.39, 0.29) is 5.69 Å². The number of pyridine rings is 1. The molecular formula is C9H8BrN5O3. The largest absolute Gasteiger partial charge is 0.369 e. The minimum Gasteiger partial charge on any atom is -0.369 e. The van der Waals surface area contributed by atoms with Crippen molar-refractivity contribution in [3.8, 4) is 0 Å². The first-order valence-corrected chi connectivity index (χ1v) is 5.75. The SMILES string of the molecule is O=[N+]([O-])c1cnc(NCCc2ncon2)c(Br)c1. The van der Waals surface area contributed by atoms with Crippen molar-refractivity contribution in [1.29, 1.82) is 0 Å². The van der Waals surface area contributed by atoms with Gasteiger partial charge in [0.2, 0.25) is 6.39 Å². The highest BCUT2D eigenvalue weighted by Crippen LogP contribution is 2.24. The third-order valence-corrected chi connectivity index (χ3v) is 2.69. The Bertz CT molecular complexity index is 545. The van der Waals surface area contributed by atoms with Crippen molar-refractivity contribution in [2.75, 3.05) is 11.9 Å². The van der Waals surface area contributed by atoms with Crippen molar-refractivity contribution in [2.24, 2.45) is 0 Å². The molecule has 0 aliphatic carbocycles. The molecule has 2 aromatic heterocycles. The zero-order valence-electron chi connectivity index (χ0n) is 9.04. The first-order chi connectivity index (χ1) is 8.66. The molecule has 0 saturated heterocycles. The van der Waals surface area contributed by atoms with Crippen molar-refractivity contribution < 1.29 is 9.45 Å². The number of nitrogens with one attached hydrogen (secondary N) is 1. The molecule has 0 atom stereocenters. The molecule has 18 heavy (non-hydrogen) atoms. The smallest absolute Gasteiger partial charge is 0.288 e. The van der Waals surface area contributed by atoms with Crippen LogP contribution in [0.5, 0.6) is 0 Å². The van der Waals surface area contributed by atoms with E-state index >= 15 is 0 Å². The lowest BCUT2D eigenvalue weighted by Gasteiger charge is -2.05. The summed E-state index contributed by atoms with van der Waals surface area (Å²) in [6.45, 7) is 0.545. The van der Waals surface area contributed by atoms with Crippen molar-refractivity contribution >= 4 is 27.4 Å². The number of nitro groups is 1. The van der Waals surface area contributed by atoms with Crippen LogP contribution in [0.1, 0.15) is 5.82 Å². The summed E-state index contributed by atoms with van der Waals surface area (Å²) in [5.41, 5.74) is -0.0643. The number of anilines is 1. The highest BCUT2D eigenvalue weighted by Gasteiger charge is 2.10. The van der Waals surface area contributed by atoms with Crippen molar-refractivity contribution in [3.63, 3.8) is 0 Å². The monoisotopic (exact) mass is 313 g/mol. The fourth-order valence-corrected chi connectivity index (χ4v) is 1.73. The summed E-state index contributed by atoms with van der Waals surface area (Å²) in [6, 6.07) is 1.39. The van der Waals surface area contributed by atoms with Gasteiger partial charge in [0.15, 0.2) is 5.82 Å². The van der Waals surface area contributed by atoms with Crippen LogP contribution in [0.3, 0.4) is 0 Å². The number of nitrogens with zero attached hydrogens (tertiary/aromatic N) is 4. The molecule has 0 unspecified atom stereocenters. The Morgan fingerprint density at radius 3 is 2.94 bits per heavy atom. The molecule has 0 amide bonds. The van der Waals surface area contributed by atoms with Gasteiger partial charge in [0.05, 0.1) is 9.40 Å². The summed E-state index contributed by atoms with van der Waals surface area (Å²) < 4.78 is 5.13. The van der Waals surface area contributed by atoms with Gasteiger partial charge in [-0.25, -0.2) is 4.98 Å². The van der Waals surface area contributed by atoms with Gasteiger partial charge in [-0.1, -0.05) is 5.16 Å². The van der Waals surface area contributed by atoms with Gasteiger partial charge in [0.25, 0.3) is 5.69 Å². The highest BCUT2D eigenvalue weighted by molar-refractivity contribution is 9.10. The van der Waals surface area contributed by atoms with Crippen LogP contribution < -0.4 is 5.32 Å². The molecule has 8 nitrogen and oxygen atoms in total. The summed E-state index contributed by atoms with van der Waals surface area (Å²) in [5, 5.41) is 17.2. The van der Waals surface area contributed by atoms with Gasteiger partial charge in [-0.15, -0.1) is 0 Å². The third-order valence-electron chi connectivity index (χ3n) is 2.09. The predicted molar refractivity (Wildman–Crippen MR) is 65.1 cm³/mol. The Morgan fingerprint density at radius 2 is 2.33 bits per heavy atom. The maximum absolute atomic E-state index is 10.5. The van der Waals surface area contributed by atoms with Crippen LogP contribution in [0.4, 0.5) is 11.5 Å². The Labute approximate surface area is 110 Å². The van der Waals surface area contributed by atoms with Crippen LogP contribution in [0.15, 0.2) is 27.7 Å². The molecule has 0 aliphatic rings. The molecular weight excluding hydrogens is 306 g/mol. The minimum absolute atomic E-state index is 0.0643. The van der Waals surface area contributed by atoms with Crippen LogP contribution in [0.25, 0.3) is 0 Å². The predicted octanol–water partition coefficient (Wildman–Crippen LogP) is 1.79. The average Bonchev–Trinajstić information content (AvgIpc) is 2.84. The van der Waals surface area contributed by atoms with E-state index in [2.05, 4.69) is 40.9 Å². The van der Waals surface area contributed by atoms with Gasteiger partial charge in [0.1, 0.15) is 12.0 Å². The molecule has 0 fully saturated rings. The molecule has 0 radical (unpaired) electrons. The van der Waals surface area contributed by atoms with E-state index in [1.54, 1.807) is 0 Å². The number of hydrogen-bond donors (Lipinski definition) is 1. The van der Waals surface area contributed by atoms with Gasteiger partial charge < -0.3 is 9.84 Å². The molecule has 0 spiro atoms. The van der Waals surface area contributed by atoms with E-state index in [0.29, 0.717) is 29.1 Å². The van der Waals surface area contributed by atoms with Crippen LogP contribution in [0, 0.1) is 10.1 Å². The summed E-state index contributed by atoms with van der Waals surface area (Å²) >= 11 is 3.22. The summed E-state index contributed by atoms with van der Waals surface area (Å²) in [4.78, 5) is 17.9. The first kappa shape index (κ1) is 12.4. The maximum Gasteiger partial charge on any atom is 0.288 e. The molecule has 2 aromatic rings. The van der Waals surface area contributed by atoms with Gasteiger partial charge in [-0.05, 0) is 15.9 Å². The van der Waals surface area contributed by atoms with Crippen molar-refractivity contribution in [1.82, 2.24) is 15.1 Å². The standard InChI is InChI=1S/C9H8BrN5O3/c10-7-3-6(15(16)17)4-12-9(7)11-2-1-8-13-5-18-14-8/h3-5H,1-2H2,(H,11,12). The maximum atomic E-state index is 10.5. The van der Waals surface area contributed by atoms with E-state index < -0.39 is 4.92 Å². The van der Waals surface area contributed by atoms with Gasteiger partial charge >= 0.3 is 0 Å². The summed E-state index contributed by atoms with van der Waals surface area (Å²) in [7, 11) is 0. The van der Waals surface area contributed by atoms with Crippen molar-refractivity contribution in [3.05, 3.63) is 39.1 Å². The van der Waals surface area contributed by atoms with Crippen LogP contribution in [0.2, 0.25) is 0 Å². The van der Waals surface area contributed by atoms with Gasteiger partial charge in [0, 0.05) is 19.0 Å². The lowest BCUT2D eigenvalue weighted by atomic mass is 10.4. The summed E-state index contributed by atoms with van der Waals surface area (Å²) in [6.07, 6.45) is 3.03. The fraction of sp³-hybridized carbons (Fsp3) is 0.222. The molecule has 9 heteroatoms. The first-order valence-electron chi connectivity index (χ1n) is 4.96. The topological polar surface area (TPSA) is 107 Å². The second kappa shape index (κ2) is 5.54. The lowest BCUT2D eigenvalue weighted by molar-refractivity contribution is -0.385. The quantitative estimate of drug-likeness (QED) is 0.662. The fourth-order valence-electron chi connectivity index (χ4n) is 1.25. The lowest BCUT2D eigenvalue weighted by Crippen LogP contribution is -2.08. The van der Waals surface area contributed by atoms with Gasteiger partial charge in [-0.2, -0.15) is 4.98 Å². The Kier molecular flexibility index (Phi) is 3.82. The van der Waals surface area contributed by atoms with Crippen LogP contribution >= 0.6 is 15.9 Å². The van der Waals surface area contributed by atoms with E-state index in [4.69, 9.17) is 0 Å². The molecule has 2 rings (SSSR count). The molecule has 2 heterocycles. The van der Waals surface area contributed by atoms with Crippen molar-refractivity contribution in [2.45, 2.75) is 6.42 Å². The van der Waals surface area contributed by atoms with E-state index in [1.807, 2.05) is 0 Å². The number of rotatable bonds is 5. The number of halogens is 1. The zero-order chi connectivity index (χ0) is 13.0. The Balaban J connectivity index is 1.95. The molecule has 0 aromatic carbocycles. The van der Waals surface area contributed by atoms with E-state index in [0.717, 1.165) is 0 Å². The number of aromatic nitrogens is 3. The Morgan fingerprint density at radius 1 is 1.50 bits per heavy atom. The summed E-state index contributed by atoms with van der Waals surface area (Å²) in [5.74, 6) is 1.12. The second-order valence-corrected chi connectivity index (χ2v) is 4.16. The minimum atomic E-state index is -0.499. The molecule has 0 bridgehead atoms. The normalized spacial score (nSPS) is 10.3. The molecule has 1 N–H and O–H groups in total. The van der Waals surface area contributed by atoms with E-state index in [1.165, 1.54) is 18.7 Å². The molecule has 0 aliphatic heterocycles.